The number of fused-ring (bicyclic) bond motifs is 1. The highest BCUT2D eigenvalue weighted by molar-refractivity contribution is 5.91. The van der Waals surface area contributed by atoms with Crippen LogP contribution in [0.3, 0.4) is 0 Å². The van der Waals surface area contributed by atoms with E-state index in [4.69, 9.17) is 14.1 Å². The Labute approximate surface area is 216 Å². The van der Waals surface area contributed by atoms with Crippen molar-refractivity contribution >= 4 is 22.8 Å². The van der Waals surface area contributed by atoms with Gasteiger partial charge in [-0.15, -0.1) is 0 Å². The second-order valence-electron chi connectivity index (χ2n) is 10.1. The Morgan fingerprint density at radius 1 is 1.11 bits per heavy atom. The van der Waals surface area contributed by atoms with Crippen LogP contribution in [0.5, 0.6) is 0 Å². The molecule has 9 heteroatoms. The molecule has 0 aliphatic carbocycles. The van der Waals surface area contributed by atoms with Crippen LogP contribution < -0.4 is 5.32 Å². The number of aromatic amines is 1. The molecule has 2 N–H and O–H groups in total. The number of aromatic nitrogens is 4. The number of rotatable bonds is 10. The van der Waals surface area contributed by atoms with Crippen molar-refractivity contribution in [3.05, 3.63) is 66.4 Å². The molecule has 1 amide bonds. The Bertz CT molecular complexity index is 1350. The van der Waals surface area contributed by atoms with Crippen LogP contribution in [0.25, 0.3) is 22.2 Å². The lowest BCUT2D eigenvalue weighted by Crippen LogP contribution is -2.35. The average Bonchev–Trinajstić information content (AvgIpc) is 3.54. The Morgan fingerprint density at radius 3 is 2.70 bits per heavy atom. The summed E-state index contributed by atoms with van der Waals surface area (Å²) in [6.07, 6.45) is 7.51. The number of hydrogen-bond acceptors (Lipinski definition) is 7. The Balaban J connectivity index is 1.43. The number of pyridine rings is 1. The molecule has 0 spiro atoms. The molecule has 0 saturated heterocycles. The van der Waals surface area contributed by atoms with E-state index < -0.39 is 11.7 Å². The van der Waals surface area contributed by atoms with Crippen LogP contribution in [0.2, 0.25) is 0 Å². The first-order valence-corrected chi connectivity index (χ1v) is 12.5. The maximum atomic E-state index is 12.6. The second kappa shape index (κ2) is 11.4. The number of imidazole rings is 1. The number of hydrogen-bond donors (Lipinski definition) is 2. The van der Waals surface area contributed by atoms with Crippen molar-refractivity contribution in [2.45, 2.75) is 71.4 Å². The van der Waals surface area contributed by atoms with Crippen LogP contribution in [0, 0.1) is 6.92 Å². The summed E-state index contributed by atoms with van der Waals surface area (Å²) in [5.41, 5.74) is 3.04. The molecule has 1 aromatic carbocycles. The van der Waals surface area contributed by atoms with Crippen LogP contribution >= 0.6 is 0 Å². The first kappa shape index (κ1) is 26.1. The van der Waals surface area contributed by atoms with Gasteiger partial charge in [0.15, 0.2) is 0 Å². The van der Waals surface area contributed by atoms with E-state index in [1.54, 1.807) is 0 Å². The Hall–Kier alpha value is -4.01. The maximum absolute atomic E-state index is 12.6. The highest BCUT2D eigenvalue weighted by Gasteiger charge is 2.23. The van der Waals surface area contributed by atoms with Crippen molar-refractivity contribution in [1.82, 2.24) is 25.3 Å². The molecular weight excluding hydrogens is 470 g/mol. The van der Waals surface area contributed by atoms with Gasteiger partial charge in [0.05, 0.1) is 23.4 Å². The summed E-state index contributed by atoms with van der Waals surface area (Å²) in [6.45, 7) is 7.45. The molecule has 4 aromatic rings. The number of nitrogens with zero attached hydrogens (tertiary/aromatic N) is 3. The number of benzene rings is 1. The number of ketones is 1. The third kappa shape index (κ3) is 7.25. The van der Waals surface area contributed by atoms with E-state index in [9.17, 15) is 9.59 Å². The van der Waals surface area contributed by atoms with Gasteiger partial charge in [0.2, 0.25) is 5.78 Å². The number of H-pyrrole nitrogens is 1. The minimum absolute atomic E-state index is 0.107. The molecule has 0 unspecified atom stereocenters. The molecule has 3 heterocycles. The topological polar surface area (TPSA) is 123 Å². The smallest absolute Gasteiger partial charge is 0.408 e. The van der Waals surface area contributed by atoms with Crippen molar-refractivity contribution in [2.75, 3.05) is 0 Å². The van der Waals surface area contributed by atoms with Gasteiger partial charge in [0, 0.05) is 29.3 Å². The van der Waals surface area contributed by atoms with Gasteiger partial charge in [0.1, 0.15) is 17.7 Å². The maximum Gasteiger partial charge on any atom is 0.408 e. The lowest BCUT2D eigenvalue weighted by atomic mass is 10.1. The molecule has 4 rings (SSSR count). The fraction of sp³-hybridized carbons (Fsp3) is 0.393. The summed E-state index contributed by atoms with van der Waals surface area (Å²) in [5, 5.41) is 3.99. The molecule has 9 nitrogen and oxygen atoms in total. The quantitative estimate of drug-likeness (QED) is 0.192. The van der Waals surface area contributed by atoms with Gasteiger partial charge in [-0.05, 0) is 58.7 Å². The van der Waals surface area contributed by atoms with Gasteiger partial charge in [-0.1, -0.05) is 25.0 Å². The van der Waals surface area contributed by atoms with E-state index in [2.05, 4.69) is 26.3 Å². The van der Waals surface area contributed by atoms with E-state index in [1.165, 1.54) is 12.5 Å². The van der Waals surface area contributed by atoms with E-state index in [1.807, 2.05) is 58.2 Å². The molecule has 0 aliphatic rings. The predicted molar refractivity (Wildman–Crippen MR) is 140 cm³/mol. The zero-order valence-corrected chi connectivity index (χ0v) is 21.7. The number of nitrogens with one attached hydrogen (secondary N) is 2. The predicted octanol–water partition coefficient (Wildman–Crippen LogP) is 6.32. The minimum atomic E-state index is -0.610. The fourth-order valence-electron chi connectivity index (χ4n) is 4.06. The molecule has 0 aliphatic heterocycles. The Kier molecular flexibility index (Phi) is 8.01. The van der Waals surface area contributed by atoms with Gasteiger partial charge in [-0.25, -0.2) is 14.8 Å². The molecule has 1 atom stereocenters. The number of Topliss-reactive ketones (excluding diaryl/α,β-unsaturated/α-hetero) is 1. The monoisotopic (exact) mass is 503 g/mol. The second-order valence-corrected chi connectivity index (χ2v) is 10.1. The van der Waals surface area contributed by atoms with Gasteiger partial charge in [-0.2, -0.15) is 0 Å². The van der Waals surface area contributed by atoms with Gasteiger partial charge in [0.25, 0.3) is 5.89 Å². The van der Waals surface area contributed by atoms with Crippen LogP contribution in [0.4, 0.5) is 4.79 Å². The molecule has 0 saturated carbocycles. The summed E-state index contributed by atoms with van der Waals surface area (Å²) in [7, 11) is 0. The molecule has 37 heavy (non-hydrogen) atoms. The van der Waals surface area contributed by atoms with E-state index >= 15 is 0 Å². The first-order valence-electron chi connectivity index (χ1n) is 12.5. The average molecular weight is 504 g/mol. The SMILES string of the molecule is Cc1ccc2cc(-c3c[nH]c([C@H](CCCCCC(=O)c4ncco4)NC(=O)OC(C)(C)C)n3)ccc2n1. The molecule has 194 valence electrons. The lowest BCUT2D eigenvalue weighted by Gasteiger charge is -2.23. The zero-order valence-electron chi connectivity index (χ0n) is 21.7. The minimum Gasteiger partial charge on any atom is -0.444 e. The van der Waals surface area contributed by atoms with Gasteiger partial charge < -0.3 is 19.5 Å². The van der Waals surface area contributed by atoms with Gasteiger partial charge >= 0.3 is 6.09 Å². The van der Waals surface area contributed by atoms with Crippen LogP contribution in [0.15, 0.2) is 53.4 Å². The van der Waals surface area contributed by atoms with Crippen molar-refractivity contribution in [3.63, 3.8) is 0 Å². The summed E-state index contributed by atoms with van der Waals surface area (Å²) in [4.78, 5) is 41.1. The number of alkyl carbamates (subject to hydrolysis) is 1. The molecule has 0 fully saturated rings. The van der Waals surface area contributed by atoms with Crippen molar-refractivity contribution < 1.29 is 18.7 Å². The standard InChI is InChI=1S/C28H33N5O4/c1-18-10-11-19-16-20(12-13-21(19)31-18)23-17-30-25(32-23)22(33-27(35)37-28(2,3)4)8-6-5-7-9-24(34)26-29-14-15-36-26/h10-17,22H,5-9H2,1-4H3,(H,30,32)(H,33,35)/t22-/m0/s1. The zero-order chi connectivity index (χ0) is 26.4. The Morgan fingerprint density at radius 2 is 1.95 bits per heavy atom. The van der Waals surface area contributed by atoms with Crippen LogP contribution in [0.1, 0.15) is 81.1 Å². The first-order chi connectivity index (χ1) is 17.7. The van der Waals surface area contributed by atoms with Crippen LogP contribution in [-0.4, -0.2) is 37.4 Å². The number of oxazole rings is 1. The number of carbonyl (C=O) groups is 2. The van der Waals surface area contributed by atoms with Crippen LogP contribution in [-0.2, 0) is 4.74 Å². The highest BCUT2D eigenvalue weighted by Crippen LogP contribution is 2.26. The molecular formula is C28H33N5O4. The molecule has 0 bridgehead atoms. The highest BCUT2D eigenvalue weighted by atomic mass is 16.6. The van der Waals surface area contributed by atoms with E-state index in [0.717, 1.165) is 40.7 Å². The van der Waals surface area contributed by atoms with Crippen molar-refractivity contribution in [2.24, 2.45) is 0 Å². The summed E-state index contributed by atoms with van der Waals surface area (Å²) in [6, 6.07) is 9.72. The van der Waals surface area contributed by atoms with E-state index in [-0.39, 0.29) is 17.7 Å². The number of amides is 1. The van der Waals surface area contributed by atoms with Crippen molar-refractivity contribution in [3.8, 4) is 11.3 Å². The molecule has 0 radical (unpaired) electrons. The number of carbonyl (C=O) groups excluding carboxylic acids is 2. The fourth-order valence-corrected chi connectivity index (χ4v) is 4.06. The molecule has 3 aromatic heterocycles. The third-order valence-corrected chi connectivity index (χ3v) is 5.81. The summed E-state index contributed by atoms with van der Waals surface area (Å²) in [5.74, 6) is 0.691. The number of aryl methyl sites for hydroxylation is 1. The lowest BCUT2D eigenvalue weighted by molar-refractivity contribution is 0.0498. The van der Waals surface area contributed by atoms with E-state index in [0.29, 0.717) is 25.1 Å². The number of ether oxygens (including phenoxy) is 1. The summed E-state index contributed by atoms with van der Waals surface area (Å²) < 4.78 is 10.5. The summed E-state index contributed by atoms with van der Waals surface area (Å²) >= 11 is 0. The van der Waals surface area contributed by atoms with Crippen molar-refractivity contribution in [1.29, 1.82) is 0 Å². The largest absolute Gasteiger partial charge is 0.444 e. The number of unbranched alkanes of at least 4 members (excludes halogenated alkanes) is 2. The normalized spacial score (nSPS) is 12.4. The third-order valence-electron chi connectivity index (χ3n) is 5.81. The van der Waals surface area contributed by atoms with Gasteiger partial charge in [-0.3, -0.25) is 9.78 Å².